The first-order valence-electron chi connectivity index (χ1n) is 11.4. The Labute approximate surface area is 206 Å². The van der Waals surface area contributed by atoms with Crippen LogP contribution in [0.2, 0.25) is 0 Å². The molecule has 1 N–H and O–H groups in total. The zero-order chi connectivity index (χ0) is 22.7. The van der Waals surface area contributed by atoms with Crippen LogP contribution in [0.5, 0.6) is 0 Å². The molecule has 2 fully saturated rings. The molecule has 33 heavy (non-hydrogen) atoms. The molecular weight excluding hydrogens is 458 g/mol. The fourth-order valence-corrected chi connectivity index (χ4v) is 5.05. The van der Waals surface area contributed by atoms with Crippen LogP contribution in [0.3, 0.4) is 0 Å². The van der Waals surface area contributed by atoms with Gasteiger partial charge in [0.15, 0.2) is 0 Å². The molecule has 9 heteroatoms. The number of thiazole rings is 1. The van der Waals surface area contributed by atoms with E-state index in [1.165, 1.54) is 0 Å². The molecule has 2 aliphatic heterocycles. The van der Waals surface area contributed by atoms with E-state index < -0.39 is 0 Å². The van der Waals surface area contributed by atoms with Gasteiger partial charge in [-0.1, -0.05) is 12.1 Å². The zero-order valence-electron chi connectivity index (χ0n) is 19.7. The van der Waals surface area contributed by atoms with E-state index >= 15 is 0 Å². The Balaban J connectivity index is 0.00000306. The number of hydrogen-bond acceptors (Lipinski definition) is 6. The van der Waals surface area contributed by atoms with Crippen LogP contribution in [-0.4, -0.2) is 71.4 Å². The van der Waals surface area contributed by atoms with E-state index in [1.807, 2.05) is 37.8 Å². The van der Waals surface area contributed by atoms with E-state index in [-0.39, 0.29) is 29.8 Å². The van der Waals surface area contributed by atoms with Gasteiger partial charge in [0.05, 0.1) is 18.8 Å². The average molecular weight is 492 g/mol. The molecule has 0 atom stereocenters. The number of amides is 2. The summed E-state index contributed by atoms with van der Waals surface area (Å²) < 4.78 is 0. The summed E-state index contributed by atoms with van der Waals surface area (Å²) in [4.78, 5) is 35.4. The first kappa shape index (κ1) is 25.6. The van der Waals surface area contributed by atoms with Gasteiger partial charge in [-0.25, -0.2) is 4.98 Å². The highest BCUT2D eigenvalue weighted by Gasteiger charge is 2.23. The zero-order valence-corrected chi connectivity index (χ0v) is 21.3. The number of benzene rings is 1. The molecule has 180 valence electrons. The maximum atomic E-state index is 12.2. The van der Waals surface area contributed by atoms with Gasteiger partial charge in [-0.2, -0.15) is 0 Å². The first-order valence-corrected chi connectivity index (χ1v) is 12.3. The molecule has 2 amide bonds. The topological polar surface area (TPSA) is 68.8 Å². The number of rotatable bonds is 6. The first-order chi connectivity index (χ1) is 15.3. The van der Waals surface area contributed by atoms with Gasteiger partial charge in [0.1, 0.15) is 5.01 Å². The molecule has 4 rings (SSSR count). The summed E-state index contributed by atoms with van der Waals surface area (Å²) in [6.07, 6.45) is 1.59. The minimum atomic E-state index is -0.187. The third-order valence-corrected chi connectivity index (χ3v) is 6.64. The Hall–Kier alpha value is -2.00. The summed E-state index contributed by atoms with van der Waals surface area (Å²) in [7, 11) is 0. The molecule has 1 aromatic carbocycles. The number of nitrogens with one attached hydrogen (secondary N) is 1. The van der Waals surface area contributed by atoms with Crippen molar-refractivity contribution in [3.8, 4) is 11.3 Å². The van der Waals surface area contributed by atoms with Crippen molar-refractivity contribution in [2.45, 2.75) is 45.7 Å². The lowest BCUT2D eigenvalue weighted by atomic mass is 10.1. The minimum Gasteiger partial charge on any atom is -0.350 e. The second kappa shape index (κ2) is 11.0. The van der Waals surface area contributed by atoms with E-state index in [9.17, 15) is 9.59 Å². The monoisotopic (exact) mass is 491 g/mol. The van der Waals surface area contributed by atoms with Crippen LogP contribution in [0.15, 0.2) is 29.6 Å². The second-order valence-corrected chi connectivity index (χ2v) is 10.6. The standard InChI is InChI=1S/C24H33N5O2S.ClH/c1-24(2,3)26-21(30)15-27-11-13-28(14-12-27)16-22-25-20(17-32-22)18-6-8-19(9-7-18)29-10-4-5-23(29)31;/h6-9,17H,4-5,10-16H2,1-3H3,(H,26,30);1H. The van der Waals surface area contributed by atoms with Crippen LogP contribution in [0.4, 0.5) is 5.69 Å². The smallest absolute Gasteiger partial charge is 0.234 e. The molecular formula is C24H34ClN5O2S. The van der Waals surface area contributed by atoms with Gasteiger partial charge in [0, 0.05) is 61.3 Å². The van der Waals surface area contributed by atoms with Gasteiger partial charge < -0.3 is 10.2 Å². The largest absolute Gasteiger partial charge is 0.350 e. The van der Waals surface area contributed by atoms with E-state index in [1.54, 1.807) is 11.3 Å². The van der Waals surface area contributed by atoms with E-state index in [0.29, 0.717) is 13.0 Å². The van der Waals surface area contributed by atoms with Gasteiger partial charge in [-0.15, -0.1) is 23.7 Å². The van der Waals surface area contributed by atoms with Gasteiger partial charge in [0.25, 0.3) is 0 Å². The number of hydrogen-bond donors (Lipinski definition) is 1. The van der Waals surface area contributed by atoms with Crippen LogP contribution in [-0.2, 0) is 16.1 Å². The van der Waals surface area contributed by atoms with Crippen LogP contribution >= 0.6 is 23.7 Å². The quantitative estimate of drug-likeness (QED) is 0.670. The van der Waals surface area contributed by atoms with Crippen molar-refractivity contribution < 1.29 is 9.59 Å². The molecule has 7 nitrogen and oxygen atoms in total. The van der Waals surface area contributed by atoms with Crippen molar-refractivity contribution in [3.63, 3.8) is 0 Å². The molecule has 3 heterocycles. The summed E-state index contributed by atoms with van der Waals surface area (Å²) in [5, 5.41) is 6.25. The molecule has 0 bridgehead atoms. The van der Waals surface area contributed by atoms with Gasteiger partial charge in [0.2, 0.25) is 11.8 Å². The fourth-order valence-electron chi connectivity index (χ4n) is 4.21. The van der Waals surface area contributed by atoms with E-state index in [4.69, 9.17) is 4.98 Å². The number of nitrogens with zero attached hydrogens (tertiary/aromatic N) is 4. The SMILES string of the molecule is CC(C)(C)NC(=O)CN1CCN(Cc2nc(-c3ccc(N4CCCC4=O)cc3)cs2)CC1.Cl. The van der Waals surface area contributed by atoms with E-state index in [2.05, 4.69) is 32.6 Å². The number of piperazine rings is 1. The summed E-state index contributed by atoms with van der Waals surface area (Å²) in [6, 6.07) is 8.15. The van der Waals surface area contributed by atoms with Crippen molar-refractivity contribution >= 4 is 41.2 Å². The molecule has 0 unspecified atom stereocenters. The maximum Gasteiger partial charge on any atom is 0.234 e. The third-order valence-electron chi connectivity index (χ3n) is 5.81. The van der Waals surface area contributed by atoms with Gasteiger partial charge >= 0.3 is 0 Å². The highest BCUT2D eigenvalue weighted by Crippen LogP contribution is 2.27. The average Bonchev–Trinajstić information content (AvgIpc) is 3.37. The summed E-state index contributed by atoms with van der Waals surface area (Å²) in [5.41, 5.74) is 2.85. The Morgan fingerprint density at radius 1 is 1.06 bits per heavy atom. The van der Waals surface area contributed by atoms with Crippen molar-refractivity contribution in [3.05, 3.63) is 34.7 Å². The predicted molar refractivity (Wildman–Crippen MR) is 136 cm³/mol. The molecule has 0 aliphatic carbocycles. The second-order valence-electron chi connectivity index (χ2n) is 9.67. The Morgan fingerprint density at radius 2 is 1.73 bits per heavy atom. The maximum absolute atomic E-state index is 12.2. The van der Waals surface area contributed by atoms with Crippen molar-refractivity contribution in [1.29, 1.82) is 0 Å². The number of anilines is 1. The Bertz CT molecular complexity index is 949. The normalized spacial score (nSPS) is 17.8. The van der Waals surface area contributed by atoms with Crippen LogP contribution < -0.4 is 10.2 Å². The lowest BCUT2D eigenvalue weighted by Crippen LogP contribution is -2.51. The Kier molecular flexibility index (Phi) is 8.50. The van der Waals surface area contributed by atoms with Crippen LogP contribution in [0.1, 0.15) is 38.6 Å². The summed E-state index contributed by atoms with van der Waals surface area (Å²) in [6.45, 7) is 11.8. The van der Waals surface area contributed by atoms with Gasteiger partial charge in [-0.3, -0.25) is 19.4 Å². The highest BCUT2D eigenvalue weighted by molar-refractivity contribution is 7.09. The molecule has 2 saturated heterocycles. The summed E-state index contributed by atoms with van der Waals surface area (Å²) in [5.74, 6) is 0.305. The number of carbonyl (C=O) groups excluding carboxylic acids is 2. The minimum absolute atomic E-state index is 0. The van der Waals surface area contributed by atoms with E-state index in [0.717, 1.165) is 67.6 Å². The predicted octanol–water partition coefficient (Wildman–Crippen LogP) is 3.39. The van der Waals surface area contributed by atoms with Crippen LogP contribution in [0.25, 0.3) is 11.3 Å². The molecule has 0 radical (unpaired) electrons. The number of aromatic nitrogens is 1. The molecule has 0 saturated carbocycles. The summed E-state index contributed by atoms with van der Waals surface area (Å²) >= 11 is 1.69. The lowest BCUT2D eigenvalue weighted by molar-refractivity contribution is -0.124. The van der Waals surface area contributed by atoms with Gasteiger partial charge in [-0.05, 0) is 39.3 Å². The highest BCUT2D eigenvalue weighted by atomic mass is 35.5. The van der Waals surface area contributed by atoms with Crippen LogP contribution in [0, 0.1) is 0 Å². The van der Waals surface area contributed by atoms with Crippen molar-refractivity contribution in [1.82, 2.24) is 20.1 Å². The third kappa shape index (κ3) is 6.99. The molecule has 1 aromatic heterocycles. The number of carbonyl (C=O) groups is 2. The fraction of sp³-hybridized carbons (Fsp3) is 0.542. The molecule has 2 aromatic rings. The molecule has 2 aliphatic rings. The van der Waals surface area contributed by atoms with Crippen molar-refractivity contribution in [2.24, 2.45) is 0 Å². The Morgan fingerprint density at radius 3 is 2.33 bits per heavy atom. The molecule has 0 spiro atoms. The number of halogens is 1. The lowest BCUT2D eigenvalue weighted by Gasteiger charge is -2.34. The van der Waals surface area contributed by atoms with Crippen molar-refractivity contribution in [2.75, 3.05) is 44.2 Å².